The molecule has 1 aromatic carbocycles. The van der Waals surface area contributed by atoms with Crippen LogP contribution in [0.4, 0.5) is 0 Å². The summed E-state index contributed by atoms with van der Waals surface area (Å²) in [6.07, 6.45) is 2.04. The molecule has 0 spiro atoms. The molecule has 0 unspecified atom stereocenters. The van der Waals surface area contributed by atoms with Crippen molar-refractivity contribution in [3.8, 4) is 6.07 Å². The monoisotopic (exact) mass is 242 g/mol. The summed E-state index contributed by atoms with van der Waals surface area (Å²) < 4.78 is 7.85. The lowest BCUT2D eigenvalue weighted by atomic mass is 10.2. The van der Waals surface area contributed by atoms with Gasteiger partial charge >= 0.3 is 0 Å². The fourth-order valence-corrected chi connectivity index (χ4v) is 1.90. The lowest BCUT2D eigenvalue weighted by Gasteiger charge is -2.19. The minimum atomic E-state index is -0.110. The fraction of sp³-hybridized carbons (Fsp3) is 0.400. The summed E-state index contributed by atoms with van der Waals surface area (Å²) >= 11 is 0. The smallest absolute Gasteiger partial charge is 0.0992 e. The second-order valence-corrected chi connectivity index (χ2v) is 5.36. The van der Waals surface area contributed by atoms with E-state index in [-0.39, 0.29) is 5.60 Å². The largest absolute Gasteiger partial charge is 0.374 e. The summed E-state index contributed by atoms with van der Waals surface area (Å²) in [5, 5.41) is 10.1. The van der Waals surface area contributed by atoms with Gasteiger partial charge in [-0.05, 0) is 44.4 Å². The maximum absolute atomic E-state index is 8.92. The first kappa shape index (κ1) is 12.7. The molecule has 1 aromatic heterocycles. The van der Waals surface area contributed by atoms with Crippen molar-refractivity contribution < 1.29 is 4.74 Å². The average molecular weight is 242 g/mol. The lowest BCUT2D eigenvalue weighted by Crippen LogP contribution is -2.21. The molecule has 2 rings (SSSR count). The maximum atomic E-state index is 8.92. The molecule has 0 fully saturated rings. The van der Waals surface area contributed by atoms with Crippen molar-refractivity contribution in [2.75, 3.05) is 6.61 Å². The van der Waals surface area contributed by atoms with E-state index in [0.29, 0.717) is 12.2 Å². The Labute approximate surface area is 108 Å². The van der Waals surface area contributed by atoms with E-state index < -0.39 is 0 Å². The molecule has 0 saturated heterocycles. The number of aromatic nitrogens is 1. The highest BCUT2D eigenvalue weighted by molar-refractivity contribution is 5.81. The van der Waals surface area contributed by atoms with Crippen LogP contribution < -0.4 is 0 Å². The van der Waals surface area contributed by atoms with E-state index in [4.69, 9.17) is 10.00 Å². The molecule has 0 bridgehead atoms. The Morgan fingerprint density at radius 2 is 2.06 bits per heavy atom. The molecule has 0 aliphatic rings. The Bertz CT molecular complexity index is 585. The van der Waals surface area contributed by atoms with Crippen LogP contribution >= 0.6 is 0 Å². The Morgan fingerprint density at radius 1 is 1.28 bits per heavy atom. The predicted molar refractivity (Wildman–Crippen MR) is 72.4 cm³/mol. The zero-order chi connectivity index (χ0) is 13.2. The van der Waals surface area contributed by atoms with E-state index in [1.54, 1.807) is 0 Å². The van der Waals surface area contributed by atoms with Gasteiger partial charge in [0.2, 0.25) is 0 Å². The van der Waals surface area contributed by atoms with Crippen molar-refractivity contribution in [3.05, 3.63) is 36.0 Å². The first-order valence-electron chi connectivity index (χ1n) is 6.12. The molecule has 0 atom stereocenters. The van der Waals surface area contributed by atoms with Gasteiger partial charge in [-0.25, -0.2) is 0 Å². The van der Waals surface area contributed by atoms with Crippen molar-refractivity contribution >= 4 is 10.9 Å². The molecule has 0 saturated carbocycles. The van der Waals surface area contributed by atoms with Crippen LogP contribution in [0.5, 0.6) is 0 Å². The van der Waals surface area contributed by atoms with Crippen molar-refractivity contribution in [2.24, 2.45) is 0 Å². The van der Waals surface area contributed by atoms with Gasteiger partial charge in [0.25, 0.3) is 0 Å². The molecule has 0 aliphatic carbocycles. The minimum absolute atomic E-state index is 0.110. The average Bonchev–Trinajstić information content (AvgIpc) is 2.70. The molecule has 3 nitrogen and oxygen atoms in total. The van der Waals surface area contributed by atoms with Gasteiger partial charge in [-0.1, -0.05) is 6.07 Å². The number of benzene rings is 1. The van der Waals surface area contributed by atoms with Crippen LogP contribution in [0.1, 0.15) is 26.3 Å². The van der Waals surface area contributed by atoms with Gasteiger partial charge in [-0.3, -0.25) is 0 Å². The van der Waals surface area contributed by atoms with Crippen molar-refractivity contribution in [1.29, 1.82) is 5.26 Å². The van der Waals surface area contributed by atoms with Gasteiger partial charge in [0.15, 0.2) is 0 Å². The molecule has 3 heteroatoms. The third-order valence-electron chi connectivity index (χ3n) is 2.77. The quantitative estimate of drug-likeness (QED) is 0.828. The molecular weight excluding hydrogens is 224 g/mol. The van der Waals surface area contributed by atoms with Crippen LogP contribution in [-0.4, -0.2) is 16.8 Å². The summed E-state index contributed by atoms with van der Waals surface area (Å²) in [5.41, 5.74) is 1.67. The van der Waals surface area contributed by atoms with Gasteiger partial charge in [-0.15, -0.1) is 0 Å². The molecule has 1 heterocycles. The van der Waals surface area contributed by atoms with Gasteiger partial charge in [0.05, 0.1) is 23.8 Å². The second-order valence-electron chi connectivity index (χ2n) is 5.36. The maximum Gasteiger partial charge on any atom is 0.0992 e. The zero-order valence-corrected chi connectivity index (χ0v) is 11.1. The lowest BCUT2D eigenvalue weighted by molar-refractivity contribution is -0.00644. The number of hydrogen-bond acceptors (Lipinski definition) is 2. The van der Waals surface area contributed by atoms with Crippen molar-refractivity contribution in [2.45, 2.75) is 32.9 Å². The van der Waals surface area contributed by atoms with Crippen LogP contribution in [0.25, 0.3) is 10.9 Å². The summed E-state index contributed by atoms with van der Waals surface area (Å²) in [6.45, 7) is 7.62. The molecule has 0 aliphatic heterocycles. The molecule has 0 N–H and O–H groups in total. The molecule has 18 heavy (non-hydrogen) atoms. The number of ether oxygens (including phenoxy) is 1. The fourth-order valence-electron chi connectivity index (χ4n) is 1.90. The van der Waals surface area contributed by atoms with Gasteiger partial charge in [0, 0.05) is 18.3 Å². The number of nitriles is 1. The Kier molecular flexibility index (Phi) is 3.40. The summed E-state index contributed by atoms with van der Waals surface area (Å²) in [5.74, 6) is 0. The minimum Gasteiger partial charge on any atom is -0.374 e. The van der Waals surface area contributed by atoms with Crippen molar-refractivity contribution in [1.82, 2.24) is 4.57 Å². The molecule has 0 amide bonds. The highest BCUT2D eigenvalue weighted by atomic mass is 16.5. The Morgan fingerprint density at radius 3 is 2.72 bits per heavy atom. The summed E-state index contributed by atoms with van der Waals surface area (Å²) in [4.78, 5) is 0. The van der Waals surface area contributed by atoms with Crippen LogP contribution in [-0.2, 0) is 11.3 Å². The highest BCUT2D eigenvalue weighted by Crippen LogP contribution is 2.17. The van der Waals surface area contributed by atoms with E-state index in [2.05, 4.69) is 37.5 Å². The van der Waals surface area contributed by atoms with Crippen LogP contribution in [0.3, 0.4) is 0 Å². The summed E-state index contributed by atoms with van der Waals surface area (Å²) in [7, 11) is 0. The van der Waals surface area contributed by atoms with Gasteiger partial charge in [0.1, 0.15) is 0 Å². The topological polar surface area (TPSA) is 38.0 Å². The standard InChI is InChI=1S/C15H18N2O/c1-15(2,3)18-9-8-17-7-6-13-5-4-12(11-16)10-14(13)17/h4-7,10H,8-9H2,1-3H3. The normalized spacial score (nSPS) is 11.7. The number of nitrogens with zero attached hydrogens (tertiary/aromatic N) is 2. The molecule has 0 radical (unpaired) electrons. The zero-order valence-electron chi connectivity index (χ0n) is 11.1. The van der Waals surface area contributed by atoms with Gasteiger partial charge < -0.3 is 9.30 Å². The van der Waals surface area contributed by atoms with Crippen LogP contribution in [0.15, 0.2) is 30.5 Å². The van der Waals surface area contributed by atoms with Crippen molar-refractivity contribution in [3.63, 3.8) is 0 Å². The number of rotatable bonds is 3. The van der Waals surface area contributed by atoms with E-state index in [0.717, 1.165) is 17.4 Å². The Hall–Kier alpha value is -1.79. The van der Waals surface area contributed by atoms with Crippen LogP contribution in [0.2, 0.25) is 0 Å². The first-order chi connectivity index (χ1) is 8.49. The van der Waals surface area contributed by atoms with Gasteiger partial charge in [-0.2, -0.15) is 5.26 Å². The SMILES string of the molecule is CC(C)(C)OCCn1ccc2ccc(C#N)cc21. The first-order valence-corrected chi connectivity index (χ1v) is 6.12. The number of hydrogen-bond donors (Lipinski definition) is 0. The van der Waals surface area contributed by atoms with E-state index >= 15 is 0 Å². The Balaban J connectivity index is 2.16. The molecule has 94 valence electrons. The highest BCUT2D eigenvalue weighted by Gasteiger charge is 2.10. The van der Waals surface area contributed by atoms with E-state index in [1.807, 2.05) is 24.4 Å². The predicted octanol–water partition coefficient (Wildman–Crippen LogP) is 3.33. The second kappa shape index (κ2) is 4.83. The third-order valence-corrected chi connectivity index (χ3v) is 2.77. The third kappa shape index (κ3) is 2.91. The molecular formula is C15H18N2O. The van der Waals surface area contributed by atoms with E-state index in [1.165, 1.54) is 0 Å². The van der Waals surface area contributed by atoms with E-state index in [9.17, 15) is 0 Å². The molecule has 2 aromatic rings. The number of fused-ring (bicyclic) bond motifs is 1. The van der Waals surface area contributed by atoms with Crippen LogP contribution in [0, 0.1) is 11.3 Å². The summed E-state index contributed by atoms with van der Waals surface area (Å²) in [6, 6.07) is 9.98.